The van der Waals surface area contributed by atoms with Gasteiger partial charge in [-0.05, 0) is 18.3 Å². The van der Waals surface area contributed by atoms with Crippen molar-refractivity contribution in [1.29, 1.82) is 0 Å². The van der Waals surface area contributed by atoms with Crippen LogP contribution >= 0.6 is 22.6 Å². The molecule has 0 radical (unpaired) electrons. The Morgan fingerprint density at radius 3 is 2.10 bits per heavy atom. The predicted octanol–water partition coefficient (Wildman–Crippen LogP) is 3.39. The molecule has 2 rings (SSSR count). The van der Waals surface area contributed by atoms with Gasteiger partial charge in [0.2, 0.25) is 0 Å². The van der Waals surface area contributed by atoms with Crippen LogP contribution in [0.5, 0.6) is 0 Å². The van der Waals surface area contributed by atoms with Gasteiger partial charge in [0.1, 0.15) is 0 Å². The van der Waals surface area contributed by atoms with E-state index >= 15 is 0 Å². The molecule has 0 spiro atoms. The maximum Gasteiger partial charge on any atom is 0.0144 e. The summed E-state index contributed by atoms with van der Waals surface area (Å²) in [7, 11) is 0. The number of alkyl halides is 1. The molecule has 58 valence electrons. The van der Waals surface area contributed by atoms with Crippen LogP contribution in [0.4, 0.5) is 0 Å². The quantitative estimate of drug-likeness (QED) is 0.494. The molecule has 0 aromatic rings. The summed E-state index contributed by atoms with van der Waals surface area (Å²) >= 11 is 2.62. The van der Waals surface area contributed by atoms with Crippen molar-refractivity contribution in [2.75, 3.05) is 0 Å². The summed E-state index contributed by atoms with van der Waals surface area (Å²) in [5.74, 6) is 2.27. The van der Waals surface area contributed by atoms with Crippen molar-refractivity contribution in [3.8, 4) is 0 Å². The Bertz CT molecular complexity index is 116. The average Bonchev–Trinajstić information content (AvgIpc) is 2.69. The minimum atomic E-state index is 1.06. The SMILES string of the molecule is I[C@@H]1C[C@H]1C1CCCCC1. The highest BCUT2D eigenvalue weighted by Gasteiger charge is 2.40. The van der Waals surface area contributed by atoms with Crippen LogP contribution in [0, 0.1) is 11.8 Å². The lowest BCUT2D eigenvalue weighted by atomic mass is 9.86. The highest BCUT2D eigenvalue weighted by Crippen LogP contribution is 2.48. The molecule has 0 saturated heterocycles. The molecule has 2 atom stereocenters. The molecular weight excluding hydrogens is 235 g/mol. The maximum absolute atomic E-state index is 2.62. The second kappa shape index (κ2) is 3.00. The Morgan fingerprint density at radius 2 is 1.60 bits per heavy atom. The van der Waals surface area contributed by atoms with E-state index in [0.29, 0.717) is 0 Å². The number of rotatable bonds is 1. The van der Waals surface area contributed by atoms with Crippen LogP contribution in [0.2, 0.25) is 0 Å². The first-order valence-corrected chi connectivity index (χ1v) is 5.76. The van der Waals surface area contributed by atoms with Gasteiger partial charge in [-0.2, -0.15) is 0 Å². The first-order valence-electron chi connectivity index (χ1n) is 4.52. The fourth-order valence-corrected chi connectivity index (χ4v) is 3.41. The molecule has 0 amide bonds. The zero-order valence-corrected chi connectivity index (χ0v) is 8.51. The molecule has 0 unspecified atom stereocenters. The highest BCUT2D eigenvalue weighted by molar-refractivity contribution is 14.1. The van der Waals surface area contributed by atoms with Crippen LogP contribution in [0.15, 0.2) is 0 Å². The fourth-order valence-electron chi connectivity index (χ4n) is 2.23. The molecule has 0 heterocycles. The van der Waals surface area contributed by atoms with E-state index in [1.54, 1.807) is 12.8 Å². The molecule has 2 fully saturated rings. The molecule has 0 N–H and O–H groups in total. The molecule has 2 aliphatic carbocycles. The van der Waals surface area contributed by atoms with Crippen molar-refractivity contribution in [2.45, 2.75) is 42.4 Å². The van der Waals surface area contributed by atoms with Gasteiger partial charge in [-0.25, -0.2) is 0 Å². The summed E-state index contributed by atoms with van der Waals surface area (Å²) in [4.78, 5) is 0. The van der Waals surface area contributed by atoms with Crippen molar-refractivity contribution in [2.24, 2.45) is 11.8 Å². The number of hydrogen-bond acceptors (Lipinski definition) is 0. The van der Waals surface area contributed by atoms with Gasteiger partial charge in [-0.3, -0.25) is 0 Å². The van der Waals surface area contributed by atoms with Crippen molar-refractivity contribution in [3.05, 3.63) is 0 Å². The molecule has 0 nitrogen and oxygen atoms in total. The summed E-state index contributed by atoms with van der Waals surface area (Å²) in [6, 6.07) is 0. The van der Waals surface area contributed by atoms with Crippen LogP contribution in [-0.4, -0.2) is 3.92 Å². The maximum atomic E-state index is 2.62. The zero-order chi connectivity index (χ0) is 6.97. The van der Waals surface area contributed by atoms with Crippen LogP contribution < -0.4 is 0 Å². The third kappa shape index (κ3) is 1.49. The first-order chi connectivity index (χ1) is 4.88. The Kier molecular flexibility index (Phi) is 2.21. The molecule has 0 aliphatic heterocycles. The summed E-state index contributed by atoms with van der Waals surface area (Å²) in [5, 5.41) is 0. The van der Waals surface area contributed by atoms with E-state index < -0.39 is 0 Å². The van der Waals surface area contributed by atoms with Gasteiger partial charge in [-0.15, -0.1) is 0 Å². The molecule has 2 aliphatic rings. The van der Waals surface area contributed by atoms with Crippen LogP contribution in [0.25, 0.3) is 0 Å². The Morgan fingerprint density at radius 1 is 1.00 bits per heavy atom. The Labute approximate surface area is 76.9 Å². The monoisotopic (exact) mass is 250 g/mol. The predicted molar refractivity (Wildman–Crippen MR) is 52.5 cm³/mol. The van der Waals surface area contributed by atoms with Crippen molar-refractivity contribution in [1.82, 2.24) is 0 Å². The van der Waals surface area contributed by atoms with E-state index in [0.717, 1.165) is 15.8 Å². The molecule has 2 saturated carbocycles. The lowest BCUT2D eigenvalue weighted by Crippen LogP contribution is -2.09. The van der Waals surface area contributed by atoms with Crippen LogP contribution in [0.3, 0.4) is 0 Å². The zero-order valence-electron chi connectivity index (χ0n) is 6.35. The molecule has 1 heteroatoms. The standard InChI is InChI=1S/C9H15I/c10-9-6-8(9)7-4-2-1-3-5-7/h7-9H,1-6H2/t8-,9+/m0/s1. The second-order valence-corrected chi connectivity index (χ2v) is 5.41. The third-order valence-electron chi connectivity index (χ3n) is 3.01. The number of halogens is 1. The van der Waals surface area contributed by atoms with E-state index in [1.165, 1.54) is 25.7 Å². The smallest absolute Gasteiger partial charge is 0.0144 e. The van der Waals surface area contributed by atoms with Gasteiger partial charge in [0.25, 0.3) is 0 Å². The molecule has 0 aromatic carbocycles. The summed E-state index contributed by atoms with van der Waals surface area (Å²) in [6.45, 7) is 0. The normalized spacial score (nSPS) is 41.7. The lowest BCUT2D eigenvalue weighted by molar-refractivity contribution is 0.324. The van der Waals surface area contributed by atoms with Gasteiger partial charge in [-0.1, -0.05) is 54.7 Å². The van der Waals surface area contributed by atoms with Crippen molar-refractivity contribution in [3.63, 3.8) is 0 Å². The third-order valence-corrected chi connectivity index (χ3v) is 4.45. The van der Waals surface area contributed by atoms with E-state index in [1.807, 2.05) is 0 Å². The van der Waals surface area contributed by atoms with Gasteiger partial charge in [0.15, 0.2) is 0 Å². The molecular formula is C9H15I. The highest BCUT2D eigenvalue weighted by atomic mass is 127. The number of hydrogen-bond donors (Lipinski definition) is 0. The Balaban J connectivity index is 1.81. The summed E-state index contributed by atoms with van der Waals surface area (Å²) in [6.07, 6.45) is 9.17. The van der Waals surface area contributed by atoms with Crippen molar-refractivity contribution < 1.29 is 0 Å². The van der Waals surface area contributed by atoms with Gasteiger partial charge in [0, 0.05) is 3.92 Å². The van der Waals surface area contributed by atoms with Gasteiger partial charge in [0.05, 0.1) is 0 Å². The molecule has 0 bridgehead atoms. The summed E-state index contributed by atoms with van der Waals surface area (Å²) < 4.78 is 1.06. The van der Waals surface area contributed by atoms with Crippen molar-refractivity contribution >= 4 is 22.6 Å². The van der Waals surface area contributed by atoms with Crippen LogP contribution in [-0.2, 0) is 0 Å². The molecule has 0 aromatic heterocycles. The minimum absolute atomic E-state index is 1.06. The van der Waals surface area contributed by atoms with Gasteiger partial charge >= 0.3 is 0 Å². The largest absolute Gasteiger partial charge is 0.0823 e. The average molecular weight is 250 g/mol. The second-order valence-electron chi connectivity index (χ2n) is 3.81. The lowest BCUT2D eigenvalue weighted by Gasteiger charge is -2.20. The summed E-state index contributed by atoms with van der Waals surface area (Å²) in [5.41, 5.74) is 0. The van der Waals surface area contributed by atoms with Crippen LogP contribution in [0.1, 0.15) is 38.5 Å². The molecule has 10 heavy (non-hydrogen) atoms. The topological polar surface area (TPSA) is 0 Å². The van der Waals surface area contributed by atoms with E-state index in [2.05, 4.69) is 22.6 Å². The fraction of sp³-hybridized carbons (Fsp3) is 1.00. The first kappa shape index (κ1) is 7.38. The van der Waals surface area contributed by atoms with Gasteiger partial charge < -0.3 is 0 Å². The van der Waals surface area contributed by atoms with E-state index in [4.69, 9.17) is 0 Å². The Hall–Kier alpha value is 0.730. The van der Waals surface area contributed by atoms with E-state index in [-0.39, 0.29) is 0 Å². The minimum Gasteiger partial charge on any atom is -0.0823 e. The van der Waals surface area contributed by atoms with E-state index in [9.17, 15) is 0 Å².